The van der Waals surface area contributed by atoms with E-state index in [-0.39, 0.29) is 28.9 Å². The van der Waals surface area contributed by atoms with Crippen LogP contribution in [0.1, 0.15) is 34.1 Å². The second-order valence-electron chi connectivity index (χ2n) is 6.69. The molecule has 0 aliphatic rings. The van der Waals surface area contributed by atoms with Crippen LogP contribution in [0.5, 0.6) is 0 Å². The highest BCUT2D eigenvalue weighted by Gasteiger charge is 2.32. The van der Waals surface area contributed by atoms with Crippen molar-refractivity contribution in [3.05, 3.63) is 59.4 Å². The van der Waals surface area contributed by atoms with E-state index in [0.717, 1.165) is 29.8 Å². The number of ether oxygens (including phenoxy) is 2. The summed E-state index contributed by atoms with van der Waals surface area (Å²) in [7, 11) is -1.63. The lowest BCUT2D eigenvalue weighted by Crippen LogP contribution is -2.47. The monoisotopic (exact) mass is 466 g/mol. The van der Waals surface area contributed by atoms with Gasteiger partial charge in [0.25, 0.3) is 0 Å². The number of halogens is 1. The van der Waals surface area contributed by atoms with Crippen LogP contribution in [0.25, 0.3) is 0 Å². The zero-order chi connectivity index (χ0) is 24.1. The maximum atomic E-state index is 13.3. The molecule has 0 fully saturated rings. The number of hydrogen-bond acceptors (Lipinski definition) is 7. The summed E-state index contributed by atoms with van der Waals surface area (Å²) in [4.78, 5) is 37.1. The second-order valence-corrected chi connectivity index (χ2v) is 8.55. The summed E-state index contributed by atoms with van der Waals surface area (Å²) in [5.41, 5.74) is 0.0428. The lowest BCUT2D eigenvalue weighted by atomic mass is 10.1. The first-order chi connectivity index (χ1) is 15.0. The topological polar surface area (TPSA) is 119 Å². The van der Waals surface area contributed by atoms with Crippen molar-refractivity contribution in [1.82, 2.24) is 0 Å². The van der Waals surface area contributed by atoms with E-state index in [1.54, 1.807) is 6.92 Å². The van der Waals surface area contributed by atoms with Crippen molar-refractivity contribution >= 4 is 39.2 Å². The van der Waals surface area contributed by atoms with Crippen molar-refractivity contribution in [2.24, 2.45) is 0 Å². The van der Waals surface area contributed by atoms with E-state index in [2.05, 4.69) is 10.1 Å². The number of carbonyl (C=O) groups excluding carboxylic acids is 3. The van der Waals surface area contributed by atoms with Gasteiger partial charge in [-0.1, -0.05) is 6.92 Å². The molecule has 1 atom stereocenters. The van der Waals surface area contributed by atoms with Gasteiger partial charge < -0.3 is 14.8 Å². The van der Waals surface area contributed by atoms with Gasteiger partial charge in [-0.2, -0.15) is 0 Å². The van der Waals surface area contributed by atoms with E-state index < -0.39 is 39.7 Å². The van der Waals surface area contributed by atoms with Gasteiger partial charge in [-0.15, -0.1) is 0 Å². The number of esters is 2. The third kappa shape index (κ3) is 5.61. The van der Waals surface area contributed by atoms with Crippen molar-refractivity contribution in [2.75, 3.05) is 30.1 Å². The maximum Gasteiger partial charge on any atom is 0.339 e. The van der Waals surface area contributed by atoms with Gasteiger partial charge in [0.2, 0.25) is 15.9 Å². The predicted molar refractivity (Wildman–Crippen MR) is 116 cm³/mol. The first-order valence-electron chi connectivity index (χ1n) is 9.40. The van der Waals surface area contributed by atoms with Crippen molar-refractivity contribution in [3.8, 4) is 0 Å². The van der Waals surface area contributed by atoms with E-state index >= 15 is 0 Å². The van der Waals surface area contributed by atoms with Crippen LogP contribution in [0.2, 0.25) is 0 Å². The second kappa shape index (κ2) is 10.2. The zero-order valence-electron chi connectivity index (χ0n) is 17.9. The molecule has 9 nitrogen and oxygen atoms in total. The molecule has 0 radical (unpaired) electrons. The number of nitrogens with zero attached hydrogens (tertiary/aromatic N) is 1. The van der Waals surface area contributed by atoms with Crippen LogP contribution in [0.15, 0.2) is 42.5 Å². The predicted octanol–water partition coefficient (Wildman–Crippen LogP) is 2.58. The maximum absolute atomic E-state index is 13.3. The van der Waals surface area contributed by atoms with Crippen molar-refractivity contribution < 1.29 is 36.7 Å². The minimum atomic E-state index is -3.95. The zero-order valence-corrected chi connectivity index (χ0v) is 18.7. The summed E-state index contributed by atoms with van der Waals surface area (Å²) in [6.07, 6.45) is 0.977. The van der Waals surface area contributed by atoms with Crippen LogP contribution in [0.3, 0.4) is 0 Å². The third-order valence-corrected chi connectivity index (χ3v) is 5.69. The fourth-order valence-corrected chi connectivity index (χ4v) is 4.26. The molecule has 2 rings (SSSR count). The lowest BCUT2D eigenvalue weighted by Gasteiger charge is -2.30. The normalized spacial score (nSPS) is 11.9. The molecular weight excluding hydrogens is 443 g/mol. The Balaban J connectivity index is 2.50. The molecule has 0 saturated carbocycles. The van der Waals surface area contributed by atoms with Gasteiger partial charge >= 0.3 is 11.9 Å². The first kappa shape index (κ1) is 24.8. The van der Waals surface area contributed by atoms with E-state index in [0.29, 0.717) is 0 Å². The van der Waals surface area contributed by atoms with E-state index in [1.807, 2.05) is 0 Å². The van der Waals surface area contributed by atoms with Crippen LogP contribution in [-0.2, 0) is 24.3 Å². The number of benzene rings is 2. The Morgan fingerprint density at radius 1 is 1.03 bits per heavy atom. The molecule has 0 aliphatic carbocycles. The standard InChI is InChI=1S/C21H23FN2O7S/c1-5-18(24(32(4,28)29)15-9-7-14(22)8-10-15)19(25)23-17-12-13(20(26)30-2)6-11-16(17)21(27)31-3/h6-12,18H,5H2,1-4H3,(H,23,25). The first-order valence-corrected chi connectivity index (χ1v) is 11.2. The van der Waals surface area contributed by atoms with Gasteiger partial charge in [0.1, 0.15) is 11.9 Å². The minimum Gasteiger partial charge on any atom is -0.465 e. The fourth-order valence-electron chi connectivity index (χ4n) is 3.04. The SMILES string of the molecule is CCC(C(=O)Nc1cc(C(=O)OC)ccc1C(=O)OC)N(c1ccc(F)cc1)S(C)(=O)=O. The average Bonchev–Trinajstić information content (AvgIpc) is 2.76. The Bertz CT molecular complexity index is 1120. The summed E-state index contributed by atoms with van der Waals surface area (Å²) in [6.45, 7) is 1.60. The number of nitrogens with one attached hydrogen (secondary N) is 1. The Kier molecular flexibility index (Phi) is 7.92. The van der Waals surface area contributed by atoms with Gasteiger partial charge in [0.05, 0.1) is 43.0 Å². The number of amides is 1. The lowest BCUT2D eigenvalue weighted by molar-refractivity contribution is -0.117. The highest BCUT2D eigenvalue weighted by Crippen LogP contribution is 2.25. The van der Waals surface area contributed by atoms with Crippen molar-refractivity contribution in [3.63, 3.8) is 0 Å². The number of carbonyl (C=O) groups is 3. The number of hydrogen-bond donors (Lipinski definition) is 1. The van der Waals surface area contributed by atoms with Crippen LogP contribution < -0.4 is 9.62 Å². The molecule has 2 aromatic carbocycles. The average molecular weight is 466 g/mol. The molecule has 0 saturated heterocycles. The Hall–Kier alpha value is -3.47. The van der Waals surface area contributed by atoms with Gasteiger partial charge in [0, 0.05) is 0 Å². The largest absolute Gasteiger partial charge is 0.465 e. The summed E-state index contributed by atoms with van der Waals surface area (Å²) < 4.78 is 48.5. The van der Waals surface area contributed by atoms with Gasteiger partial charge in [-0.25, -0.2) is 22.4 Å². The van der Waals surface area contributed by atoms with E-state index in [4.69, 9.17) is 4.74 Å². The smallest absolute Gasteiger partial charge is 0.339 e. The Morgan fingerprint density at radius 3 is 2.12 bits per heavy atom. The molecule has 32 heavy (non-hydrogen) atoms. The van der Waals surface area contributed by atoms with Gasteiger partial charge in [0.15, 0.2) is 0 Å². The Morgan fingerprint density at radius 2 is 1.62 bits per heavy atom. The van der Waals surface area contributed by atoms with Crippen LogP contribution in [0, 0.1) is 5.82 Å². The van der Waals surface area contributed by atoms with Crippen LogP contribution >= 0.6 is 0 Å². The van der Waals surface area contributed by atoms with Crippen LogP contribution in [-0.4, -0.2) is 52.8 Å². The highest BCUT2D eigenvalue weighted by molar-refractivity contribution is 7.92. The molecule has 1 unspecified atom stereocenters. The van der Waals surface area contributed by atoms with Crippen molar-refractivity contribution in [1.29, 1.82) is 0 Å². The van der Waals surface area contributed by atoms with Gasteiger partial charge in [-0.3, -0.25) is 9.10 Å². The van der Waals surface area contributed by atoms with Crippen LogP contribution in [0.4, 0.5) is 15.8 Å². The number of anilines is 2. The molecular formula is C21H23FN2O7S. The molecule has 1 amide bonds. The fraction of sp³-hybridized carbons (Fsp3) is 0.286. The number of rotatable bonds is 8. The molecule has 0 heterocycles. The quantitative estimate of drug-likeness (QED) is 0.594. The highest BCUT2D eigenvalue weighted by atomic mass is 32.2. The summed E-state index contributed by atoms with van der Waals surface area (Å²) in [5, 5.41) is 2.50. The number of sulfonamides is 1. The van der Waals surface area contributed by atoms with Crippen molar-refractivity contribution in [2.45, 2.75) is 19.4 Å². The summed E-state index contributed by atoms with van der Waals surface area (Å²) in [5.74, 6) is -2.81. The molecule has 1 N–H and O–H groups in total. The molecule has 0 aromatic heterocycles. The third-order valence-electron chi connectivity index (χ3n) is 4.51. The number of methoxy groups -OCH3 is 2. The van der Waals surface area contributed by atoms with E-state index in [9.17, 15) is 27.2 Å². The summed E-state index contributed by atoms with van der Waals surface area (Å²) in [6, 6.07) is 7.23. The minimum absolute atomic E-state index is 0.0453. The Labute approximate surface area is 185 Å². The van der Waals surface area contributed by atoms with Gasteiger partial charge in [-0.05, 0) is 48.9 Å². The molecule has 0 spiro atoms. The van der Waals surface area contributed by atoms with E-state index in [1.165, 1.54) is 37.4 Å². The molecule has 0 bridgehead atoms. The summed E-state index contributed by atoms with van der Waals surface area (Å²) >= 11 is 0. The molecule has 2 aromatic rings. The molecule has 0 aliphatic heterocycles. The molecule has 172 valence electrons. The molecule has 11 heteroatoms.